The molecule has 34 heavy (non-hydrogen) atoms. The van der Waals surface area contributed by atoms with Crippen LogP contribution in [0.1, 0.15) is 24.1 Å². The highest BCUT2D eigenvalue weighted by atomic mass is 32.2. The lowest BCUT2D eigenvalue weighted by Gasteiger charge is -2.38. The molecule has 2 aromatic carbocycles. The van der Waals surface area contributed by atoms with E-state index in [2.05, 4.69) is 51.6 Å². The van der Waals surface area contributed by atoms with Gasteiger partial charge in [-0.3, -0.25) is 4.90 Å². The van der Waals surface area contributed by atoms with E-state index in [1.54, 1.807) is 18.7 Å². The Bertz CT molecular complexity index is 1060. The first-order valence-electron chi connectivity index (χ1n) is 11.6. The second kappa shape index (κ2) is 11.0. The molecule has 8 heteroatoms. The van der Waals surface area contributed by atoms with Crippen molar-refractivity contribution in [3.05, 3.63) is 70.9 Å². The molecule has 2 aliphatic heterocycles. The van der Waals surface area contributed by atoms with Crippen LogP contribution in [0.25, 0.3) is 0 Å². The molecule has 1 unspecified atom stereocenters. The molecular formula is C26H32N4O3S. The van der Waals surface area contributed by atoms with Crippen molar-refractivity contribution in [3.8, 4) is 0 Å². The van der Waals surface area contributed by atoms with Gasteiger partial charge in [-0.05, 0) is 49.4 Å². The van der Waals surface area contributed by atoms with Crippen LogP contribution in [0.3, 0.4) is 0 Å². The highest BCUT2D eigenvalue weighted by Gasteiger charge is 2.34. The van der Waals surface area contributed by atoms with Gasteiger partial charge in [-0.2, -0.15) is 0 Å². The van der Waals surface area contributed by atoms with E-state index in [-0.39, 0.29) is 12.6 Å². The molecule has 2 aliphatic rings. The van der Waals surface area contributed by atoms with Gasteiger partial charge in [-0.25, -0.2) is 9.59 Å². The molecule has 1 saturated heterocycles. The van der Waals surface area contributed by atoms with Crippen molar-refractivity contribution in [3.63, 3.8) is 0 Å². The van der Waals surface area contributed by atoms with E-state index < -0.39 is 12.0 Å². The second-order valence-corrected chi connectivity index (χ2v) is 9.35. The van der Waals surface area contributed by atoms with Crippen LogP contribution in [0.2, 0.25) is 0 Å². The van der Waals surface area contributed by atoms with Crippen LogP contribution in [0.4, 0.5) is 10.5 Å². The van der Waals surface area contributed by atoms with Crippen LogP contribution in [-0.4, -0.2) is 62.5 Å². The number of benzene rings is 2. The zero-order valence-electron chi connectivity index (χ0n) is 20.0. The number of esters is 1. The van der Waals surface area contributed by atoms with E-state index in [1.807, 2.05) is 30.5 Å². The number of urea groups is 1. The Kier molecular flexibility index (Phi) is 7.80. The van der Waals surface area contributed by atoms with Crippen LogP contribution in [0.15, 0.2) is 64.7 Å². The molecule has 1 atom stereocenters. The molecular weight excluding hydrogens is 448 g/mol. The number of para-hydroxylation sites is 1. The molecule has 0 radical (unpaired) electrons. The third kappa shape index (κ3) is 5.39. The fourth-order valence-electron chi connectivity index (χ4n) is 4.53. The predicted molar refractivity (Wildman–Crippen MR) is 136 cm³/mol. The first kappa shape index (κ1) is 24.2. The number of piperazine rings is 1. The van der Waals surface area contributed by atoms with Gasteiger partial charge in [0.2, 0.25) is 0 Å². The summed E-state index contributed by atoms with van der Waals surface area (Å²) in [6, 6.07) is 15.5. The summed E-state index contributed by atoms with van der Waals surface area (Å²) in [6.07, 6.45) is 2.02. The lowest BCUT2D eigenvalue weighted by atomic mass is 9.95. The number of hydrogen-bond donors (Lipinski definition) is 2. The zero-order valence-corrected chi connectivity index (χ0v) is 20.8. The Morgan fingerprint density at radius 2 is 1.79 bits per heavy atom. The average Bonchev–Trinajstić information content (AvgIpc) is 2.85. The summed E-state index contributed by atoms with van der Waals surface area (Å²) < 4.78 is 5.40. The van der Waals surface area contributed by atoms with E-state index in [0.717, 1.165) is 36.6 Å². The number of nitrogens with one attached hydrogen (secondary N) is 2. The van der Waals surface area contributed by atoms with Crippen molar-refractivity contribution in [1.82, 2.24) is 15.5 Å². The summed E-state index contributed by atoms with van der Waals surface area (Å²) in [4.78, 5) is 31.4. The Hall–Kier alpha value is -2.97. The van der Waals surface area contributed by atoms with Crippen molar-refractivity contribution in [1.29, 1.82) is 0 Å². The van der Waals surface area contributed by atoms with Gasteiger partial charge in [0.25, 0.3) is 0 Å². The van der Waals surface area contributed by atoms with E-state index in [9.17, 15) is 9.59 Å². The summed E-state index contributed by atoms with van der Waals surface area (Å²) in [6.45, 7) is 8.14. The zero-order chi connectivity index (χ0) is 24.1. The van der Waals surface area contributed by atoms with E-state index in [4.69, 9.17) is 4.74 Å². The number of hydrogen-bond acceptors (Lipinski definition) is 6. The van der Waals surface area contributed by atoms with E-state index >= 15 is 0 Å². The molecule has 0 spiro atoms. The maximum Gasteiger partial charge on any atom is 0.338 e. The third-order valence-electron chi connectivity index (χ3n) is 6.31. The van der Waals surface area contributed by atoms with Crippen LogP contribution < -0.4 is 15.5 Å². The molecule has 1 fully saturated rings. The van der Waals surface area contributed by atoms with Crippen molar-refractivity contribution in [2.24, 2.45) is 0 Å². The maximum absolute atomic E-state index is 13.0. The number of carbonyl (C=O) groups excluding carboxylic acids is 2. The fourth-order valence-corrected chi connectivity index (χ4v) is 4.94. The molecule has 0 aromatic heterocycles. The van der Waals surface area contributed by atoms with Gasteiger partial charge in [0.15, 0.2) is 0 Å². The average molecular weight is 481 g/mol. The minimum Gasteiger partial charge on any atom is -0.463 e. The monoisotopic (exact) mass is 480 g/mol. The van der Waals surface area contributed by atoms with Crippen molar-refractivity contribution >= 4 is 29.4 Å². The Balaban J connectivity index is 1.56. The first-order valence-corrected chi connectivity index (χ1v) is 12.9. The number of amides is 2. The third-order valence-corrected chi connectivity index (χ3v) is 7.05. The Morgan fingerprint density at radius 3 is 2.44 bits per heavy atom. The number of thioether (sulfide) groups is 1. The van der Waals surface area contributed by atoms with E-state index in [1.165, 1.54) is 11.3 Å². The van der Waals surface area contributed by atoms with Crippen LogP contribution in [0, 0.1) is 6.92 Å². The summed E-state index contributed by atoms with van der Waals surface area (Å²) in [5, 5.41) is 5.82. The van der Waals surface area contributed by atoms with Crippen LogP contribution in [-0.2, 0) is 9.53 Å². The molecule has 0 saturated carbocycles. The highest BCUT2D eigenvalue weighted by Crippen LogP contribution is 2.30. The largest absolute Gasteiger partial charge is 0.463 e. The lowest BCUT2D eigenvalue weighted by Crippen LogP contribution is -2.52. The Labute approximate surface area is 205 Å². The quantitative estimate of drug-likeness (QED) is 0.465. The molecule has 0 bridgehead atoms. The van der Waals surface area contributed by atoms with Gasteiger partial charge >= 0.3 is 12.0 Å². The minimum atomic E-state index is -0.549. The van der Waals surface area contributed by atoms with Crippen molar-refractivity contribution in [2.75, 3.05) is 50.5 Å². The number of nitrogens with zero attached hydrogens (tertiary/aromatic N) is 2. The number of aryl methyl sites for hydroxylation is 1. The fraction of sp³-hybridized carbons (Fsp3) is 0.385. The maximum atomic E-state index is 13.0. The summed E-state index contributed by atoms with van der Waals surface area (Å²) in [7, 11) is 0. The molecule has 2 aromatic rings. The number of ether oxygens (including phenoxy) is 1. The molecule has 2 amide bonds. The minimum absolute atomic E-state index is 0.275. The lowest BCUT2D eigenvalue weighted by molar-refractivity contribution is -0.139. The summed E-state index contributed by atoms with van der Waals surface area (Å²) >= 11 is 1.65. The van der Waals surface area contributed by atoms with Gasteiger partial charge in [-0.1, -0.05) is 30.3 Å². The number of anilines is 1. The number of rotatable bonds is 7. The van der Waals surface area contributed by atoms with Gasteiger partial charge in [-0.15, -0.1) is 11.8 Å². The molecule has 7 nitrogen and oxygen atoms in total. The SMILES string of the molecule is CCOC(=O)C1=C(CN2CCN(c3ccccc3C)CC2)NC(=O)NC1c1ccc(SC)cc1. The van der Waals surface area contributed by atoms with Crippen molar-refractivity contribution < 1.29 is 14.3 Å². The van der Waals surface area contributed by atoms with E-state index in [0.29, 0.717) is 17.8 Å². The summed E-state index contributed by atoms with van der Waals surface area (Å²) in [5.41, 5.74) is 4.48. The van der Waals surface area contributed by atoms with Crippen LogP contribution >= 0.6 is 11.8 Å². The van der Waals surface area contributed by atoms with Gasteiger partial charge in [0.1, 0.15) is 0 Å². The van der Waals surface area contributed by atoms with Gasteiger partial charge in [0.05, 0.1) is 18.2 Å². The standard InChI is InChI=1S/C26H32N4O3S/c1-4-33-25(31)23-21(27-26(32)28-24(23)19-9-11-20(34-3)12-10-19)17-29-13-15-30(16-14-29)22-8-6-5-7-18(22)2/h5-12,24H,4,13-17H2,1-3H3,(H2,27,28,32). The predicted octanol–water partition coefficient (Wildman–Crippen LogP) is 3.71. The molecule has 4 rings (SSSR count). The van der Waals surface area contributed by atoms with Gasteiger partial charge in [0, 0.05) is 49.0 Å². The molecule has 2 heterocycles. The Morgan fingerprint density at radius 1 is 1.09 bits per heavy atom. The smallest absolute Gasteiger partial charge is 0.338 e. The van der Waals surface area contributed by atoms with Gasteiger partial charge < -0.3 is 20.3 Å². The summed E-state index contributed by atoms with van der Waals surface area (Å²) in [5.74, 6) is -0.400. The topological polar surface area (TPSA) is 73.9 Å². The van der Waals surface area contributed by atoms with Crippen molar-refractivity contribution in [2.45, 2.75) is 24.8 Å². The molecule has 180 valence electrons. The highest BCUT2D eigenvalue weighted by molar-refractivity contribution is 7.98. The second-order valence-electron chi connectivity index (χ2n) is 8.47. The normalized spacial score (nSPS) is 19.0. The number of carbonyl (C=O) groups is 2. The first-order chi connectivity index (χ1) is 16.5. The molecule has 2 N–H and O–H groups in total. The molecule has 0 aliphatic carbocycles. The van der Waals surface area contributed by atoms with Crippen LogP contribution in [0.5, 0.6) is 0 Å².